The molecule has 3 unspecified atom stereocenters. The predicted molar refractivity (Wildman–Crippen MR) is 256 cm³/mol. The molecule has 0 aromatic heterocycles. The molecule has 0 aromatic rings. The van der Waals surface area contributed by atoms with E-state index < -0.39 is 58.4 Å². The van der Waals surface area contributed by atoms with Gasteiger partial charge in [-0.3, -0.25) is 18.6 Å². The van der Waals surface area contributed by atoms with Crippen LogP contribution in [0.25, 0.3) is 0 Å². The Morgan fingerprint density at radius 3 is 0.758 bits per heavy atom. The van der Waals surface area contributed by atoms with Crippen LogP contribution >= 0.6 is 7.82 Å². The highest BCUT2D eigenvalue weighted by Crippen LogP contribution is 2.43. The molecule has 62 heavy (non-hydrogen) atoms. The van der Waals surface area contributed by atoms with E-state index in [1.807, 2.05) is 0 Å². The lowest BCUT2D eigenvalue weighted by molar-refractivity contribution is -0.153. The van der Waals surface area contributed by atoms with Gasteiger partial charge in [0.15, 0.2) is 0 Å². The number of carbonyl (C=O) groups is 2. The Kier molecular flexibility index (Phi) is 47.1. The molecule has 0 rings (SSSR count). The maximum Gasteiger partial charge on any atom is 0.472 e. The number of aliphatic hydroxyl groups excluding tert-OH is 2. The molecule has 0 fully saturated rings. The Hall–Kier alpha value is -1.03. The van der Waals surface area contributed by atoms with Crippen LogP contribution in [0.2, 0.25) is 0 Å². The van der Waals surface area contributed by atoms with Crippen molar-refractivity contribution in [2.24, 2.45) is 0 Å². The summed E-state index contributed by atoms with van der Waals surface area (Å²) in [6.07, 6.45) is 47.9. The van der Waals surface area contributed by atoms with E-state index in [-0.39, 0.29) is 12.8 Å². The number of hydrogen-bond donors (Lipinski definition) is 3. The molecule has 3 atom stereocenters. The largest absolute Gasteiger partial charge is 0.472 e. The molecule has 0 amide bonds. The van der Waals surface area contributed by atoms with E-state index in [2.05, 4.69) is 13.8 Å². The maximum absolute atomic E-state index is 12.4. The lowest BCUT2D eigenvalue weighted by Crippen LogP contribution is -2.28. The number of aliphatic hydroxyl groups is 2. The van der Waals surface area contributed by atoms with Crippen LogP contribution in [0.5, 0.6) is 0 Å². The van der Waals surface area contributed by atoms with Crippen LogP contribution in [-0.4, -0.2) is 65.7 Å². The number of rotatable bonds is 51. The van der Waals surface area contributed by atoms with Crippen molar-refractivity contribution < 1.29 is 47.8 Å². The summed E-state index contributed by atoms with van der Waals surface area (Å²) >= 11 is 0. The van der Waals surface area contributed by atoms with Gasteiger partial charge in [0.2, 0.25) is 0 Å². The van der Waals surface area contributed by atoms with E-state index >= 15 is 0 Å². The molecule has 0 saturated heterocycles. The van der Waals surface area contributed by atoms with Crippen molar-refractivity contribution in [3.63, 3.8) is 0 Å². The quantitative estimate of drug-likeness (QED) is 0.0306. The van der Waals surface area contributed by atoms with Gasteiger partial charge in [-0.1, -0.05) is 251 Å². The zero-order valence-electron chi connectivity index (χ0n) is 40.6. The maximum atomic E-state index is 12.4. The smallest absolute Gasteiger partial charge is 0.457 e. The minimum Gasteiger partial charge on any atom is -0.457 e. The summed E-state index contributed by atoms with van der Waals surface area (Å²) in [7, 11) is -4.63. The fourth-order valence-corrected chi connectivity index (χ4v) is 8.79. The average molecular weight is 905 g/mol. The lowest BCUT2D eigenvalue weighted by Gasteiger charge is -2.20. The minimum atomic E-state index is -4.63. The molecule has 0 aliphatic rings. The first-order valence-electron chi connectivity index (χ1n) is 26.5. The number of ether oxygens (including phenoxy) is 2. The number of phosphoric acid groups is 1. The molecule has 0 spiro atoms. The summed E-state index contributed by atoms with van der Waals surface area (Å²) in [5.74, 6) is -0.998. The van der Waals surface area contributed by atoms with E-state index in [1.165, 1.54) is 199 Å². The van der Waals surface area contributed by atoms with Gasteiger partial charge in [0.25, 0.3) is 0 Å². The van der Waals surface area contributed by atoms with Crippen LogP contribution in [0.3, 0.4) is 0 Å². The van der Waals surface area contributed by atoms with Gasteiger partial charge in [0.1, 0.15) is 12.2 Å². The molecule has 0 aromatic carbocycles. The third-order valence-corrected chi connectivity index (χ3v) is 13.0. The van der Waals surface area contributed by atoms with Crippen LogP contribution < -0.4 is 0 Å². The molecular weight excluding hydrogens is 804 g/mol. The topological polar surface area (TPSA) is 149 Å². The van der Waals surface area contributed by atoms with Gasteiger partial charge in [0, 0.05) is 12.8 Å². The van der Waals surface area contributed by atoms with Gasteiger partial charge in [0.05, 0.1) is 26.4 Å². The van der Waals surface area contributed by atoms with Crippen molar-refractivity contribution in [1.29, 1.82) is 0 Å². The number of phosphoric ester groups is 1. The molecule has 0 saturated carbocycles. The van der Waals surface area contributed by atoms with Crippen molar-refractivity contribution in [1.82, 2.24) is 0 Å². The fraction of sp³-hybridized carbons (Fsp3) is 0.961. The zero-order valence-corrected chi connectivity index (χ0v) is 41.5. The van der Waals surface area contributed by atoms with Crippen molar-refractivity contribution in [3.05, 3.63) is 0 Å². The summed E-state index contributed by atoms with van der Waals surface area (Å²) in [6.45, 7) is 2.29. The first-order valence-corrected chi connectivity index (χ1v) is 28.0. The standard InChI is InChI=1S/C51H101O10P/c1-3-5-7-9-11-13-15-17-19-21-23-24-25-27-29-31-33-35-37-39-41-43-51(55)61-49(45-53)47-59-62(56,57)58-46-48(44-52)60-50(54)42-40-38-36-34-32-30-28-26-22-20-18-16-14-12-10-8-6-4-2/h48-49,52-53H,3-47H2,1-2H3,(H,56,57). The molecular formula is C51H101O10P. The van der Waals surface area contributed by atoms with Gasteiger partial charge >= 0.3 is 19.8 Å². The Morgan fingerprint density at radius 1 is 0.371 bits per heavy atom. The highest BCUT2D eigenvalue weighted by atomic mass is 31.2. The van der Waals surface area contributed by atoms with Crippen LogP contribution in [0.15, 0.2) is 0 Å². The minimum absolute atomic E-state index is 0.200. The van der Waals surface area contributed by atoms with Crippen LogP contribution in [0, 0.1) is 0 Å². The predicted octanol–water partition coefficient (Wildman–Crippen LogP) is 15.0. The molecule has 0 bridgehead atoms. The van der Waals surface area contributed by atoms with E-state index in [1.54, 1.807) is 0 Å². The molecule has 3 N–H and O–H groups in total. The van der Waals surface area contributed by atoms with Crippen LogP contribution in [0.1, 0.15) is 277 Å². The van der Waals surface area contributed by atoms with E-state index in [0.717, 1.165) is 38.5 Å². The average Bonchev–Trinajstić information content (AvgIpc) is 3.26. The normalized spacial score (nSPS) is 13.6. The van der Waals surface area contributed by atoms with E-state index in [4.69, 9.17) is 18.5 Å². The second kappa shape index (κ2) is 47.9. The fourth-order valence-electron chi connectivity index (χ4n) is 8.00. The summed E-state index contributed by atoms with van der Waals surface area (Å²) in [6, 6.07) is 0. The molecule has 0 aliphatic carbocycles. The van der Waals surface area contributed by atoms with Crippen molar-refractivity contribution >= 4 is 19.8 Å². The van der Waals surface area contributed by atoms with Gasteiger partial charge in [-0.25, -0.2) is 4.57 Å². The first kappa shape index (κ1) is 61.0. The number of esters is 2. The first-order chi connectivity index (χ1) is 30.3. The molecule has 0 aliphatic heterocycles. The third kappa shape index (κ3) is 45.5. The lowest BCUT2D eigenvalue weighted by atomic mass is 10.0. The summed E-state index contributed by atoms with van der Waals surface area (Å²) in [5, 5.41) is 19.3. The van der Waals surface area contributed by atoms with E-state index in [0.29, 0.717) is 12.8 Å². The summed E-state index contributed by atoms with van der Waals surface area (Å²) in [4.78, 5) is 34.7. The Bertz CT molecular complexity index is 998. The monoisotopic (exact) mass is 905 g/mol. The van der Waals surface area contributed by atoms with Gasteiger partial charge < -0.3 is 24.6 Å². The van der Waals surface area contributed by atoms with Crippen molar-refractivity contribution in [3.8, 4) is 0 Å². The van der Waals surface area contributed by atoms with Crippen LogP contribution in [0.4, 0.5) is 0 Å². The summed E-state index contributed by atoms with van der Waals surface area (Å²) < 4.78 is 32.8. The second-order valence-corrected chi connectivity index (χ2v) is 19.7. The highest BCUT2D eigenvalue weighted by Gasteiger charge is 2.27. The third-order valence-electron chi connectivity index (χ3n) is 12.1. The molecule has 10 nitrogen and oxygen atoms in total. The Balaban J connectivity index is 3.77. The molecule has 0 heterocycles. The van der Waals surface area contributed by atoms with Gasteiger partial charge in [-0.2, -0.15) is 0 Å². The molecule has 0 radical (unpaired) electrons. The SMILES string of the molecule is CCCCCCCCCCCCCCCCCCCCCCCC(=O)OC(CO)COP(=O)(O)OCC(CO)OC(=O)CCCCCCCCCCCCCCCCCCCC. The second-order valence-electron chi connectivity index (χ2n) is 18.2. The van der Waals surface area contributed by atoms with Gasteiger partial charge in [-0.05, 0) is 12.8 Å². The Labute approximate surface area is 382 Å². The van der Waals surface area contributed by atoms with Crippen LogP contribution in [-0.2, 0) is 32.7 Å². The highest BCUT2D eigenvalue weighted by molar-refractivity contribution is 7.47. The van der Waals surface area contributed by atoms with Crippen molar-refractivity contribution in [2.45, 2.75) is 289 Å². The van der Waals surface area contributed by atoms with E-state index in [9.17, 15) is 29.3 Å². The number of hydrogen-bond acceptors (Lipinski definition) is 9. The molecule has 370 valence electrons. The number of unbranched alkanes of at least 4 members (excludes halogenated alkanes) is 37. The zero-order chi connectivity index (χ0) is 45.5. The van der Waals surface area contributed by atoms with Gasteiger partial charge in [-0.15, -0.1) is 0 Å². The van der Waals surface area contributed by atoms with Crippen molar-refractivity contribution in [2.75, 3.05) is 26.4 Å². The summed E-state index contributed by atoms with van der Waals surface area (Å²) in [5.41, 5.74) is 0. The Morgan fingerprint density at radius 2 is 0.565 bits per heavy atom. The number of carbonyl (C=O) groups excluding carboxylic acids is 2. The molecule has 11 heteroatoms.